The topological polar surface area (TPSA) is 284 Å². The number of nitrogens with one attached hydrogen (secondary N) is 1. The number of amides is 1. The maximum atomic E-state index is 13.4. The zero-order valence-electron chi connectivity index (χ0n) is 41.6. The van der Waals surface area contributed by atoms with Gasteiger partial charge in [-0.3, -0.25) is 18.9 Å². The van der Waals surface area contributed by atoms with Crippen LogP contribution in [0.2, 0.25) is 10.0 Å². The van der Waals surface area contributed by atoms with Crippen molar-refractivity contribution in [3.8, 4) is 23.0 Å². The Morgan fingerprint density at radius 1 is 0.597 bits per heavy atom. The average Bonchev–Trinajstić information content (AvgIpc) is 3.39. The number of nitrogens with zero attached hydrogens (tertiary/aromatic N) is 5. The zero-order valence-corrected chi connectivity index (χ0v) is 49.1. The number of hydrogen-bond acceptors (Lipinski definition) is 15. The number of ether oxygens (including phenoxy) is 2. The molecule has 0 spiro atoms. The molecule has 0 heterocycles. The fourth-order valence-corrected chi connectivity index (χ4v) is 9.82. The molecule has 0 saturated carbocycles. The van der Waals surface area contributed by atoms with E-state index in [1.54, 1.807) is 117 Å². The van der Waals surface area contributed by atoms with Crippen LogP contribution in [0.25, 0.3) is 21.5 Å². The normalized spacial score (nSPS) is 11.9. The third kappa shape index (κ3) is 14.2. The summed E-state index contributed by atoms with van der Waals surface area (Å²) in [6.07, 6.45) is 0.706. The molecule has 0 fully saturated rings. The number of aromatic hydroxyl groups is 1. The summed E-state index contributed by atoms with van der Waals surface area (Å²) in [5.74, 6) is -1.51. The minimum Gasteiger partial charge on any atom is -0.871 e. The summed E-state index contributed by atoms with van der Waals surface area (Å²) < 4.78 is 76.5. The molecule has 77 heavy (non-hydrogen) atoms. The van der Waals surface area contributed by atoms with Crippen LogP contribution in [-0.4, -0.2) is 105 Å². The van der Waals surface area contributed by atoms with Crippen LogP contribution < -0.4 is 25.0 Å². The van der Waals surface area contributed by atoms with Gasteiger partial charge in [-0.25, -0.2) is 0 Å². The van der Waals surface area contributed by atoms with E-state index in [9.17, 15) is 46.1 Å². The number of benzene rings is 8. The van der Waals surface area contributed by atoms with E-state index in [-0.39, 0.29) is 98.5 Å². The predicted octanol–water partition coefficient (Wildman–Crippen LogP) is 12.3. The van der Waals surface area contributed by atoms with Crippen LogP contribution >= 0.6 is 23.2 Å². The smallest absolute Gasteiger partial charge is 0.871 e. The van der Waals surface area contributed by atoms with E-state index in [1.807, 2.05) is 13.8 Å². The van der Waals surface area contributed by atoms with Crippen molar-refractivity contribution in [1.82, 2.24) is 0 Å². The van der Waals surface area contributed by atoms with E-state index in [0.29, 0.717) is 75.9 Å². The minimum absolute atomic E-state index is 0. The van der Waals surface area contributed by atoms with Crippen LogP contribution in [0.1, 0.15) is 54.7 Å². The van der Waals surface area contributed by atoms with Gasteiger partial charge in [0.1, 0.15) is 32.7 Å². The van der Waals surface area contributed by atoms with Gasteiger partial charge in [0.05, 0.1) is 51.6 Å². The fourth-order valence-electron chi connectivity index (χ4n) is 7.72. The summed E-state index contributed by atoms with van der Waals surface area (Å²) in [4.78, 5) is 16.5. The number of hydrogen-bond donors (Lipinski definition) is 4. The van der Waals surface area contributed by atoms with Crippen LogP contribution in [0.3, 0.4) is 0 Å². The molecular weight excluding hydrogens is 1200 g/mol. The quantitative estimate of drug-likeness (QED) is 0.0231. The van der Waals surface area contributed by atoms with Gasteiger partial charge >= 0.3 is 48.9 Å². The van der Waals surface area contributed by atoms with Crippen molar-refractivity contribution in [3.63, 3.8) is 0 Å². The molecule has 0 saturated heterocycles. The number of fused-ring (bicyclic) bond motifs is 2. The van der Waals surface area contributed by atoms with Gasteiger partial charge in [-0.15, -0.1) is 5.11 Å². The van der Waals surface area contributed by atoms with Crippen LogP contribution in [0.4, 0.5) is 34.1 Å². The van der Waals surface area contributed by atoms with E-state index in [1.165, 1.54) is 30.3 Å². The van der Waals surface area contributed by atoms with Gasteiger partial charge in [0.25, 0.3) is 26.1 Å². The van der Waals surface area contributed by atoms with Crippen molar-refractivity contribution in [2.45, 2.75) is 50.3 Å². The van der Waals surface area contributed by atoms with Crippen LogP contribution in [-0.2, 0) is 33.1 Å². The molecule has 8 aromatic carbocycles. The van der Waals surface area contributed by atoms with Crippen molar-refractivity contribution in [1.29, 1.82) is 0 Å². The molecule has 4 N–H and O–H groups in total. The number of phenols is 1. The molecule has 23 heteroatoms. The van der Waals surface area contributed by atoms with E-state index in [4.69, 9.17) is 32.7 Å². The molecule has 392 valence electrons. The van der Waals surface area contributed by atoms with Crippen molar-refractivity contribution in [2.24, 2.45) is 25.4 Å². The van der Waals surface area contributed by atoms with Gasteiger partial charge in [-0.05, 0) is 121 Å². The van der Waals surface area contributed by atoms with Crippen LogP contribution in [0.15, 0.2) is 169 Å². The number of azo groups is 2. The van der Waals surface area contributed by atoms with Gasteiger partial charge in [0, 0.05) is 10.8 Å². The molecule has 8 aromatic rings. The molecule has 18 nitrogen and oxygen atoms in total. The second kappa shape index (κ2) is 26.3. The van der Waals surface area contributed by atoms with Crippen molar-refractivity contribution in [2.75, 3.05) is 18.5 Å². The van der Waals surface area contributed by atoms with Gasteiger partial charge in [0.15, 0.2) is 5.75 Å². The molecule has 0 aliphatic heterocycles. The summed E-state index contributed by atoms with van der Waals surface area (Å²) >= 11 is 12.1. The SMILES string of the molecule is CCOc1ccccc1N=C([O-])c1cc2ccccc2c(N=Nc2cc(Cl)c(S(=O)(=O)O)cc2CC)c1[O-].CCOc1ccccc1NC(=O)c1cc2ccccc2c(N=Nc2cc(Cl)c(S(=O)(=O)O)cc2CC)c1O.[Ba+2]. The standard InChI is InChI=1S/2C27H24ClN3O6S.Ba/c2*1-3-16-14-24(38(34,35)36)20(28)15-22(16)30-31-25-18-10-6-5-9-17(18)13-19(26(25)32)27(33)29-21-11-7-8-12-23(21)37-4-2;/h2*5-15,32H,3-4H2,1-2H3,(H,29,33)(H,34,35,36);/q;;+2/p-2. The van der Waals surface area contributed by atoms with Gasteiger partial charge < -0.3 is 30.1 Å². The summed E-state index contributed by atoms with van der Waals surface area (Å²) in [6, 6.07) is 35.6. The molecule has 0 unspecified atom stereocenters. The zero-order chi connectivity index (χ0) is 54.9. The predicted molar refractivity (Wildman–Crippen MR) is 294 cm³/mol. The number of rotatable bonds is 16. The Morgan fingerprint density at radius 2 is 1.05 bits per heavy atom. The molecule has 0 radical (unpaired) electrons. The first kappa shape index (κ1) is 59.8. The summed E-state index contributed by atoms with van der Waals surface area (Å²) in [7, 11) is -9.08. The van der Waals surface area contributed by atoms with Crippen LogP contribution in [0.5, 0.6) is 23.0 Å². The maximum absolute atomic E-state index is 13.4. The minimum atomic E-state index is -4.54. The molecule has 8 rings (SSSR count). The van der Waals surface area contributed by atoms with E-state index in [2.05, 4.69) is 30.8 Å². The molecule has 0 aromatic heterocycles. The van der Waals surface area contributed by atoms with Crippen molar-refractivity contribution < 1.29 is 55.5 Å². The van der Waals surface area contributed by atoms with E-state index < -0.39 is 53.3 Å². The number of carbonyl (C=O) groups is 1. The Balaban J connectivity index is 0.000000246. The summed E-state index contributed by atoms with van der Waals surface area (Å²) in [5, 5.41) is 59.0. The Bertz CT molecular complexity index is 3860. The monoisotopic (exact) mass is 1240 g/mol. The summed E-state index contributed by atoms with van der Waals surface area (Å²) in [6.45, 7) is 7.96. The molecule has 0 aliphatic carbocycles. The number of aryl methyl sites for hydroxylation is 2. The first-order valence-electron chi connectivity index (χ1n) is 23.2. The molecule has 0 atom stereocenters. The average molecular weight is 1240 g/mol. The third-order valence-electron chi connectivity index (χ3n) is 11.4. The first-order chi connectivity index (χ1) is 36.3. The van der Waals surface area contributed by atoms with E-state index in [0.717, 1.165) is 0 Å². The summed E-state index contributed by atoms with van der Waals surface area (Å²) in [5.41, 5.74) is 1.80. The number of phenolic OH excluding ortho intramolecular Hbond substituents is 1. The molecule has 1 amide bonds. The second-order valence-corrected chi connectivity index (χ2v) is 19.8. The van der Waals surface area contributed by atoms with Gasteiger partial charge in [0.2, 0.25) is 0 Å². The van der Waals surface area contributed by atoms with Crippen molar-refractivity contribution >= 4 is 160 Å². The number of carbonyl (C=O) groups excluding carboxylic acids is 1. The Morgan fingerprint density at radius 3 is 1.58 bits per heavy atom. The second-order valence-electron chi connectivity index (χ2n) is 16.2. The Hall–Kier alpha value is -6.41. The van der Waals surface area contributed by atoms with Crippen molar-refractivity contribution in [3.05, 3.63) is 166 Å². The number of para-hydroxylation sites is 4. The first-order valence-corrected chi connectivity index (χ1v) is 26.8. The molecular formula is C54H46BaCl2N6O12S2. The Kier molecular flexibility index (Phi) is 20.4. The molecule has 0 aliphatic rings. The number of halogens is 2. The van der Waals surface area contributed by atoms with Gasteiger partial charge in [-0.2, -0.15) is 32.2 Å². The maximum Gasteiger partial charge on any atom is 2.00 e. The van der Waals surface area contributed by atoms with E-state index >= 15 is 0 Å². The number of anilines is 1. The number of aliphatic imine (C=N–C) groups is 1. The third-order valence-corrected chi connectivity index (χ3v) is 14.0. The largest absolute Gasteiger partial charge is 2.00 e. The van der Waals surface area contributed by atoms with Gasteiger partial charge in [-0.1, -0.05) is 116 Å². The van der Waals surface area contributed by atoms with Crippen LogP contribution in [0, 0.1) is 0 Å². The molecule has 0 bridgehead atoms. The Labute approximate surface area is 493 Å². The fraction of sp³-hybridized carbons (Fsp3) is 0.148.